The van der Waals surface area contributed by atoms with E-state index in [0.29, 0.717) is 0 Å². The van der Waals surface area contributed by atoms with Crippen molar-refractivity contribution in [1.29, 1.82) is 0 Å². The molecule has 0 fully saturated rings. The molecule has 0 aliphatic carbocycles. The molecule has 5 heteroatoms. The highest BCUT2D eigenvalue weighted by Gasteiger charge is 2.37. The highest BCUT2D eigenvalue weighted by molar-refractivity contribution is 6.04. The summed E-state index contributed by atoms with van der Waals surface area (Å²) in [6.45, 7) is 1.80. The van der Waals surface area contributed by atoms with Crippen molar-refractivity contribution in [2.75, 3.05) is 7.11 Å². The molecule has 15 heavy (non-hydrogen) atoms. The normalized spacial score (nSPS) is 12.7. The van der Waals surface area contributed by atoms with Gasteiger partial charge in [0.05, 0.1) is 0 Å². The molecule has 0 bridgehead atoms. The molecule has 0 N–H and O–H groups in total. The van der Waals surface area contributed by atoms with Gasteiger partial charge in [-0.15, -0.1) is 0 Å². The summed E-state index contributed by atoms with van der Waals surface area (Å²) in [5.41, 5.74) is -0.141. The summed E-state index contributed by atoms with van der Waals surface area (Å²) in [5.74, 6) is 0. The maximum Gasteiger partial charge on any atom is 0.437 e. The van der Waals surface area contributed by atoms with Crippen molar-refractivity contribution in [3.05, 3.63) is 35.4 Å². The zero-order valence-electron chi connectivity index (χ0n) is 8.30. The molecule has 2 nitrogen and oxygen atoms in total. The van der Waals surface area contributed by atoms with Crippen molar-refractivity contribution < 1.29 is 18.0 Å². The van der Waals surface area contributed by atoms with Gasteiger partial charge in [0, 0.05) is 5.56 Å². The van der Waals surface area contributed by atoms with Gasteiger partial charge in [0.2, 0.25) is 0 Å². The number of halogens is 3. The van der Waals surface area contributed by atoms with E-state index in [1.807, 2.05) is 0 Å². The summed E-state index contributed by atoms with van der Waals surface area (Å²) in [6.07, 6.45) is -4.51. The van der Waals surface area contributed by atoms with Crippen LogP contribution in [0.3, 0.4) is 0 Å². The van der Waals surface area contributed by atoms with E-state index < -0.39 is 11.9 Å². The molecule has 1 rings (SSSR count). The second-order valence-corrected chi connectivity index (χ2v) is 2.99. The number of hydrogen-bond acceptors (Lipinski definition) is 2. The van der Waals surface area contributed by atoms with Gasteiger partial charge in [-0.05, 0) is 6.92 Å². The monoisotopic (exact) mass is 217 g/mol. The Hall–Kier alpha value is -1.52. The Morgan fingerprint density at radius 2 is 1.73 bits per heavy atom. The number of benzene rings is 1. The Balaban J connectivity index is 3.11. The van der Waals surface area contributed by atoms with E-state index in [-0.39, 0.29) is 5.56 Å². The number of aryl methyl sites for hydroxylation is 1. The van der Waals surface area contributed by atoms with Crippen molar-refractivity contribution in [3.8, 4) is 0 Å². The summed E-state index contributed by atoms with van der Waals surface area (Å²) in [4.78, 5) is 4.18. The lowest BCUT2D eigenvalue weighted by Crippen LogP contribution is -2.24. The third-order valence-corrected chi connectivity index (χ3v) is 1.78. The van der Waals surface area contributed by atoms with Crippen LogP contribution >= 0.6 is 0 Å². The van der Waals surface area contributed by atoms with Crippen LogP contribution < -0.4 is 0 Å². The lowest BCUT2D eigenvalue weighted by molar-refractivity contribution is -0.0607. The van der Waals surface area contributed by atoms with Crippen molar-refractivity contribution in [2.24, 2.45) is 5.16 Å². The van der Waals surface area contributed by atoms with Crippen LogP contribution in [0.15, 0.2) is 29.4 Å². The SMILES string of the molecule is CON=C(c1ccc(C)cc1)C(F)(F)F. The van der Waals surface area contributed by atoms with Crippen LogP contribution in [0.1, 0.15) is 11.1 Å². The first-order valence-electron chi connectivity index (χ1n) is 4.20. The molecule has 0 aliphatic heterocycles. The van der Waals surface area contributed by atoms with Gasteiger partial charge in [-0.1, -0.05) is 35.0 Å². The largest absolute Gasteiger partial charge is 0.437 e. The fraction of sp³-hybridized carbons (Fsp3) is 0.300. The third kappa shape index (κ3) is 2.97. The number of rotatable bonds is 2. The van der Waals surface area contributed by atoms with Crippen molar-refractivity contribution in [3.63, 3.8) is 0 Å². The van der Waals surface area contributed by atoms with Gasteiger partial charge in [-0.25, -0.2) is 0 Å². The van der Waals surface area contributed by atoms with Gasteiger partial charge in [-0.2, -0.15) is 13.2 Å². The molecule has 0 atom stereocenters. The van der Waals surface area contributed by atoms with Crippen molar-refractivity contribution in [1.82, 2.24) is 0 Å². The zero-order valence-corrected chi connectivity index (χ0v) is 8.30. The Morgan fingerprint density at radius 1 is 1.20 bits per heavy atom. The van der Waals surface area contributed by atoms with Crippen LogP contribution in [-0.4, -0.2) is 19.0 Å². The lowest BCUT2D eigenvalue weighted by atomic mass is 10.1. The Labute approximate surface area is 85.4 Å². The molecule has 0 radical (unpaired) electrons. The molecule has 0 saturated heterocycles. The minimum absolute atomic E-state index is 0.00468. The average molecular weight is 217 g/mol. The van der Waals surface area contributed by atoms with Gasteiger partial charge < -0.3 is 4.84 Å². The summed E-state index contributed by atoms with van der Waals surface area (Å²) in [7, 11) is 1.08. The molecule has 1 aromatic carbocycles. The second kappa shape index (κ2) is 4.33. The fourth-order valence-corrected chi connectivity index (χ4v) is 1.07. The number of nitrogens with zero attached hydrogens (tertiary/aromatic N) is 1. The second-order valence-electron chi connectivity index (χ2n) is 2.99. The topological polar surface area (TPSA) is 21.6 Å². The highest BCUT2D eigenvalue weighted by atomic mass is 19.4. The molecular formula is C10H10F3NO. The molecule has 0 saturated carbocycles. The summed E-state index contributed by atoms with van der Waals surface area (Å²) in [5, 5.41) is 2.99. The zero-order chi connectivity index (χ0) is 11.5. The first kappa shape index (κ1) is 11.6. The lowest BCUT2D eigenvalue weighted by Gasteiger charge is -2.09. The molecule has 82 valence electrons. The number of alkyl halides is 3. The highest BCUT2D eigenvalue weighted by Crippen LogP contribution is 2.22. The van der Waals surface area contributed by atoms with Crippen LogP contribution in [0.2, 0.25) is 0 Å². The minimum atomic E-state index is -4.51. The molecule has 0 unspecified atom stereocenters. The van der Waals surface area contributed by atoms with Gasteiger partial charge >= 0.3 is 6.18 Å². The van der Waals surface area contributed by atoms with E-state index in [4.69, 9.17) is 0 Å². The molecule has 1 aromatic rings. The standard InChI is InChI=1S/C10H10F3NO/c1-7-3-5-8(6-4-7)9(14-15-2)10(11,12)13/h3-6H,1-2H3. The Kier molecular flexibility index (Phi) is 3.34. The maximum atomic E-state index is 12.5. The fourth-order valence-electron chi connectivity index (χ4n) is 1.07. The first-order chi connectivity index (χ1) is 6.95. The van der Waals surface area contributed by atoms with Gasteiger partial charge in [0.1, 0.15) is 7.11 Å². The van der Waals surface area contributed by atoms with Crippen LogP contribution in [0.4, 0.5) is 13.2 Å². The van der Waals surface area contributed by atoms with E-state index in [1.165, 1.54) is 12.1 Å². The third-order valence-electron chi connectivity index (χ3n) is 1.78. The van der Waals surface area contributed by atoms with Crippen molar-refractivity contribution >= 4 is 5.71 Å². The molecule has 0 aliphatic rings. The van der Waals surface area contributed by atoms with Crippen LogP contribution in [0, 0.1) is 6.92 Å². The minimum Gasteiger partial charge on any atom is -0.399 e. The summed E-state index contributed by atoms with van der Waals surface area (Å²) in [6, 6.07) is 5.90. The summed E-state index contributed by atoms with van der Waals surface area (Å²) >= 11 is 0. The summed E-state index contributed by atoms with van der Waals surface area (Å²) < 4.78 is 37.4. The predicted molar refractivity (Wildman–Crippen MR) is 50.8 cm³/mol. The van der Waals surface area contributed by atoms with E-state index in [0.717, 1.165) is 12.7 Å². The van der Waals surface area contributed by atoms with Crippen LogP contribution in [0.5, 0.6) is 0 Å². The van der Waals surface area contributed by atoms with Gasteiger partial charge in [-0.3, -0.25) is 0 Å². The van der Waals surface area contributed by atoms with E-state index in [1.54, 1.807) is 19.1 Å². The molecule has 0 heterocycles. The first-order valence-corrected chi connectivity index (χ1v) is 4.20. The molecule has 0 spiro atoms. The molecule has 0 aromatic heterocycles. The average Bonchev–Trinajstić information content (AvgIpc) is 2.14. The molecular weight excluding hydrogens is 207 g/mol. The Morgan fingerprint density at radius 3 is 2.13 bits per heavy atom. The number of hydrogen-bond donors (Lipinski definition) is 0. The van der Waals surface area contributed by atoms with E-state index in [9.17, 15) is 13.2 Å². The van der Waals surface area contributed by atoms with Crippen LogP contribution in [-0.2, 0) is 4.84 Å². The van der Waals surface area contributed by atoms with Crippen molar-refractivity contribution in [2.45, 2.75) is 13.1 Å². The number of oxime groups is 1. The van der Waals surface area contributed by atoms with Gasteiger partial charge in [0.25, 0.3) is 0 Å². The smallest absolute Gasteiger partial charge is 0.399 e. The van der Waals surface area contributed by atoms with Gasteiger partial charge in [0.15, 0.2) is 5.71 Å². The molecule has 0 amide bonds. The van der Waals surface area contributed by atoms with E-state index in [2.05, 4.69) is 9.99 Å². The quantitative estimate of drug-likeness (QED) is 0.551. The predicted octanol–water partition coefficient (Wildman–Crippen LogP) is 2.91. The van der Waals surface area contributed by atoms with Crippen LogP contribution in [0.25, 0.3) is 0 Å². The van der Waals surface area contributed by atoms with E-state index >= 15 is 0 Å². The maximum absolute atomic E-state index is 12.5. The Bertz CT molecular complexity index is 354.